The van der Waals surface area contributed by atoms with Crippen molar-refractivity contribution < 1.29 is 14.7 Å². The van der Waals surface area contributed by atoms with Crippen LogP contribution in [0.2, 0.25) is 5.02 Å². The molecular weight excluding hydrogens is 292 g/mol. The Balaban J connectivity index is 1.82. The van der Waals surface area contributed by atoms with Gasteiger partial charge in [0.05, 0.1) is 17.1 Å². The number of hydrogen-bond donors (Lipinski definition) is 2. The molecule has 0 atom stereocenters. The first-order valence-electron chi connectivity index (χ1n) is 7.03. The van der Waals surface area contributed by atoms with Crippen LogP contribution in [-0.2, 0) is 4.79 Å². The average Bonchev–Trinajstić information content (AvgIpc) is 2.52. The Kier molecular flexibility index (Phi) is 5.59. The highest BCUT2D eigenvalue weighted by atomic mass is 35.5. The van der Waals surface area contributed by atoms with E-state index < -0.39 is 0 Å². The number of rotatable bonds is 4. The topological polar surface area (TPSA) is 69.6 Å². The van der Waals surface area contributed by atoms with E-state index in [0.29, 0.717) is 23.7 Å². The van der Waals surface area contributed by atoms with Crippen LogP contribution in [0.3, 0.4) is 0 Å². The van der Waals surface area contributed by atoms with Crippen LogP contribution in [0, 0.1) is 5.92 Å². The molecule has 1 fully saturated rings. The molecule has 1 aliphatic rings. The maximum atomic E-state index is 12.0. The molecule has 0 saturated carbocycles. The number of likely N-dealkylation sites (tertiary alicyclic amines) is 1. The number of amides is 2. The second-order valence-electron chi connectivity index (χ2n) is 5.17. The zero-order chi connectivity index (χ0) is 15.2. The lowest BCUT2D eigenvalue weighted by atomic mass is 9.98. The highest BCUT2D eigenvalue weighted by Gasteiger charge is 2.22. The highest BCUT2D eigenvalue weighted by Crippen LogP contribution is 2.16. The molecule has 0 aliphatic carbocycles. The second-order valence-corrected chi connectivity index (χ2v) is 5.58. The summed E-state index contributed by atoms with van der Waals surface area (Å²) in [4.78, 5) is 25.7. The van der Waals surface area contributed by atoms with E-state index in [-0.39, 0.29) is 30.9 Å². The van der Waals surface area contributed by atoms with Gasteiger partial charge in [0.2, 0.25) is 5.91 Å². The predicted molar refractivity (Wildman–Crippen MR) is 80.2 cm³/mol. The van der Waals surface area contributed by atoms with Crippen molar-refractivity contribution in [3.05, 3.63) is 34.9 Å². The van der Waals surface area contributed by atoms with E-state index in [1.165, 1.54) is 0 Å². The van der Waals surface area contributed by atoms with Crippen molar-refractivity contribution in [1.82, 2.24) is 10.2 Å². The van der Waals surface area contributed by atoms with E-state index >= 15 is 0 Å². The van der Waals surface area contributed by atoms with Gasteiger partial charge in [-0.2, -0.15) is 0 Å². The fraction of sp³-hybridized carbons (Fsp3) is 0.467. The van der Waals surface area contributed by atoms with Crippen molar-refractivity contribution >= 4 is 23.4 Å². The van der Waals surface area contributed by atoms with E-state index in [1.807, 2.05) is 0 Å². The minimum Gasteiger partial charge on any atom is -0.396 e. The number of halogens is 1. The monoisotopic (exact) mass is 310 g/mol. The molecule has 114 valence electrons. The molecule has 0 bridgehead atoms. The Morgan fingerprint density at radius 2 is 1.95 bits per heavy atom. The van der Waals surface area contributed by atoms with Gasteiger partial charge < -0.3 is 15.3 Å². The Hall–Kier alpha value is -1.59. The van der Waals surface area contributed by atoms with Gasteiger partial charge in [-0.3, -0.25) is 9.59 Å². The largest absolute Gasteiger partial charge is 0.396 e. The lowest BCUT2D eigenvalue weighted by Crippen LogP contribution is -2.44. The van der Waals surface area contributed by atoms with Gasteiger partial charge in [-0.15, -0.1) is 0 Å². The molecule has 2 N–H and O–H groups in total. The van der Waals surface area contributed by atoms with Crippen molar-refractivity contribution in [1.29, 1.82) is 0 Å². The van der Waals surface area contributed by atoms with Crippen molar-refractivity contribution in [2.24, 2.45) is 5.92 Å². The van der Waals surface area contributed by atoms with E-state index in [2.05, 4.69) is 5.32 Å². The first-order valence-corrected chi connectivity index (χ1v) is 7.41. The summed E-state index contributed by atoms with van der Waals surface area (Å²) in [6.07, 6.45) is 1.61. The molecule has 0 radical (unpaired) electrons. The third-order valence-electron chi connectivity index (χ3n) is 3.74. The van der Waals surface area contributed by atoms with Crippen LogP contribution in [0.1, 0.15) is 23.2 Å². The van der Waals surface area contributed by atoms with Crippen molar-refractivity contribution in [3.8, 4) is 0 Å². The number of piperidine rings is 1. The fourth-order valence-corrected chi connectivity index (χ4v) is 2.59. The van der Waals surface area contributed by atoms with Crippen LogP contribution in [0.4, 0.5) is 0 Å². The van der Waals surface area contributed by atoms with Crippen LogP contribution in [0.15, 0.2) is 24.3 Å². The van der Waals surface area contributed by atoms with Crippen LogP contribution >= 0.6 is 11.6 Å². The van der Waals surface area contributed by atoms with Gasteiger partial charge in [-0.1, -0.05) is 23.7 Å². The van der Waals surface area contributed by atoms with Gasteiger partial charge in [0.15, 0.2) is 0 Å². The van der Waals surface area contributed by atoms with Gasteiger partial charge in [-0.05, 0) is 30.9 Å². The summed E-state index contributed by atoms with van der Waals surface area (Å²) in [6.45, 7) is 1.40. The molecule has 21 heavy (non-hydrogen) atoms. The predicted octanol–water partition coefficient (Wildman–Crippen LogP) is 1.30. The molecule has 1 aliphatic heterocycles. The Morgan fingerprint density at radius 3 is 2.57 bits per heavy atom. The molecule has 1 aromatic carbocycles. The van der Waals surface area contributed by atoms with Crippen LogP contribution in [-0.4, -0.2) is 48.1 Å². The van der Waals surface area contributed by atoms with Crippen molar-refractivity contribution in [2.75, 3.05) is 26.2 Å². The van der Waals surface area contributed by atoms with Gasteiger partial charge in [0.25, 0.3) is 5.91 Å². The molecule has 0 aromatic heterocycles. The maximum absolute atomic E-state index is 12.0. The van der Waals surface area contributed by atoms with Crippen LogP contribution in [0.5, 0.6) is 0 Å². The third-order valence-corrected chi connectivity index (χ3v) is 4.07. The normalized spacial score (nSPS) is 15.8. The number of carbonyl (C=O) groups is 2. The molecule has 0 spiro atoms. The number of aliphatic hydroxyl groups is 1. The van der Waals surface area contributed by atoms with Crippen LogP contribution in [0.25, 0.3) is 0 Å². The Morgan fingerprint density at radius 1 is 1.29 bits per heavy atom. The Bertz CT molecular complexity index is 513. The molecule has 1 aromatic rings. The summed E-state index contributed by atoms with van der Waals surface area (Å²) in [7, 11) is 0. The molecule has 1 saturated heterocycles. The van der Waals surface area contributed by atoms with Gasteiger partial charge >= 0.3 is 0 Å². The number of hydrogen-bond acceptors (Lipinski definition) is 3. The quantitative estimate of drug-likeness (QED) is 0.881. The standard InChI is InChI=1S/C15H19ClN2O3/c16-13-4-2-1-3-12(13)15(21)17-9-14(20)18-7-5-11(10-19)6-8-18/h1-4,11,19H,5-10H2,(H,17,21). The van der Waals surface area contributed by atoms with E-state index in [4.69, 9.17) is 16.7 Å². The summed E-state index contributed by atoms with van der Waals surface area (Å²) in [5, 5.41) is 12.0. The summed E-state index contributed by atoms with van der Waals surface area (Å²) in [5.41, 5.74) is 0.367. The first-order chi connectivity index (χ1) is 10.1. The van der Waals surface area contributed by atoms with E-state index in [9.17, 15) is 9.59 Å². The smallest absolute Gasteiger partial charge is 0.253 e. The zero-order valence-corrected chi connectivity index (χ0v) is 12.5. The number of aliphatic hydroxyl groups excluding tert-OH is 1. The zero-order valence-electron chi connectivity index (χ0n) is 11.7. The number of benzene rings is 1. The number of nitrogens with one attached hydrogen (secondary N) is 1. The summed E-state index contributed by atoms with van der Waals surface area (Å²) < 4.78 is 0. The van der Waals surface area contributed by atoms with Gasteiger partial charge in [0.1, 0.15) is 0 Å². The van der Waals surface area contributed by atoms with Crippen molar-refractivity contribution in [3.63, 3.8) is 0 Å². The lowest BCUT2D eigenvalue weighted by Gasteiger charge is -2.31. The fourth-order valence-electron chi connectivity index (χ4n) is 2.37. The summed E-state index contributed by atoms with van der Waals surface area (Å²) in [5.74, 6) is -0.169. The number of carbonyl (C=O) groups excluding carboxylic acids is 2. The maximum Gasteiger partial charge on any atom is 0.253 e. The SMILES string of the molecule is O=C(NCC(=O)N1CCC(CO)CC1)c1ccccc1Cl. The Labute approximate surface area is 128 Å². The number of nitrogens with zero attached hydrogens (tertiary/aromatic N) is 1. The van der Waals surface area contributed by atoms with Gasteiger partial charge in [-0.25, -0.2) is 0 Å². The summed E-state index contributed by atoms with van der Waals surface area (Å²) >= 11 is 5.94. The molecule has 1 heterocycles. The second kappa shape index (κ2) is 7.43. The summed E-state index contributed by atoms with van der Waals surface area (Å²) in [6, 6.07) is 6.73. The average molecular weight is 311 g/mol. The van der Waals surface area contributed by atoms with Gasteiger partial charge in [0, 0.05) is 19.7 Å². The molecular formula is C15H19ClN2O3. The molecule has 0 unspecified atom stereocenters. The molecule has 6 heteroatoms. The van der Waals surface area contributed by atoms with Crippen LogP contribution < -0.4 is 5.32 Å². The minimum absolute atomic E-state index is 0.0339. The lowest BCUT2D eigenvalue weighted by molar-refractivity contribution is -0.131. The minimum atomic E-state index is -0.348. The molecule has 5 nitrogen and oxygen atoms in total. The highest BCUT2D eigenvalue weighted by molar-refractivity contribution is 6.33. The van der Waals surface area contributed by atoms with E-state index in [0.717, 1.165) is 12.8 Å². The van der Waals surface area contributed by atoms with Crippen molar-refractivity contribution in [2.45, 2.75) is 12.8 Å². The first kappa shape index (κ1) is 15.8. The third kappa shape index (κ3) is 4.19. The molecule has 2 rings (SSSR count). The van der Waals surface area contributed by atoms with E-state index in [1.54, 1.807) is 29.2 Å². The molecule has 2 amide bonds.